The number of nitrogens with zero attached hydrogens (tertiary/aromatic N) is 4. The number of amides is 2. The van der Waals surface area contributed by atoms with Gasteiger partial charge in [-0.2, -0.15) is 5.10 Å². The Morgan fingerprint density at radius 2 is 1.93 bits per heavy atom. The number of hydrogen-bond acceptors (Lipinski definition) is 3. The smallest absolute Gasteiger partial charge is 0.272 e. The van der Waals surface area contributed by atoms with Crippen LogP contribution >= 0.6 is 0 Å². The van der Waals surface area contributed by atoms with Crippen LogP contribution in [0.25, 0.3) is 0 Å². The molecular weight excluding hydrogens is 376 g/mol. The molecule has 6 nitrogen and oxygen atoms in total. The minimum absolute atomic E-state index is 0.0816. The highest BCUT2D eigenvalue weighted by Gasteiger charge is 2.50. The number of benzene rings is 1. The van der Waals surface area contributed by atoms with Crippen LogP contribution in [-0.4, -0.2) is 56.6 Å². The average Bonchev–Trinajstić information content (AvgIpc) is 3.26. The summed E-state index contributed by atoms with van der Waals surface area (Å²) in [5.41, 5.74) is 1.94. The number of fused-ring (bicyclic) bond motifs is 4. The Kier molecular flexibility index (Phi) is 5.09. The second-order valence-electron chi connectivity index (χ2n) is 9.02. The zero-order valence-electron chi connectivity index (χ0n) is 17.6. The maximum absolute atomic E-state index is 13.3. The quantitative estimate of drug-likeness (QED) is 0.784. The van der Waals surface area contributed by atoms with Crippen LogP contribution in [-0.2, 0) is 17.8 Å². The van der Waals surface area contributed by atoms with Gasteiger partial charge < -0.3 is 9.80 Å². The molecule has 0 unspecified atom stereocenters. The van der Waals surface area contributed by atoms with Crippen LogP contribution in [0.1, 0.15) is 48.7 Å². The summed E-state index contributed by atoms with van der Waals surface area (Å²) in [6.45, 7) is 4.17. The first-order valence-electron chi connectivity index (χ1n) is 11.3. The van der Waals surface area contributed by atoms with E-state index in [-0.39, 0.29) is 18.0 Å². The predicted molar refractivity (Wildman–Crippen MR) is 114 cm³/mol. The Morgan fingerprint density at radius 3 is 2.73 bits per heavy atom. The Morgan fingerprint density at radius 1 is 1.13 bits per heavy atom. The number of carbonyl (C=O) groups is 2. The van der Waals surface area contributed by atoms with Crippen LogP contribution in [0.3, 0.4) is 0 Å². The van der Waals surface area contributed by atoms with Gasteiger partial charge in [-0.1, -0.05) is 30.3 Å². The van der Waals surface area contributed by atoms with Gasteiger partial charge in [0.05, 0.1) is 0 Å². The number of piperidine rings is 3. The van der Waals surface area contributed by atoms with E-state index in [0.29, 0.717) is 36.4 Å². The topological polar surface area (TPSA) is 58.4 Å². The van der Waals surface area contributed by atoms with E-state index in [1.54, 1.807) is 10.9 Å². The molecule has 2 aromatic rings. The molecule has 3 aliphatic heterocycles. The fraction of sp³-hybridized carbons (Fsp3) is 0.542. The minimum atomic E-state index is 0.0816. The highest BCUT2D eigenvalue weighted by atomic mass is 16.2. The third-order valence-electron chi connectivity index (χ3n) is 7.31. The summed E-state index contributed by atoms with van der Waals surface area (Å²) >= 11 is 0. The first-order chi connectivity index (χ1) is 14.7. The Hall–Kier alpha value is -2.63. The van der Waals surface area contributed by atoms with Crippen molar-refractivity contribution >= 4 is 11.8 Å². The number of aryl methyl sites for hydroxylation is 1. The molecule has 30 heavy (non-hydrogen) atoms. The molecular formula is C24H30N4O2. The van der Waals surface area contributed by atoms with Gasteiger partial charge in [-0.15, -0.1) is 0 Å². The predicted octanol–water partition coefficient (Wildman–Crippen LogP) is 2.99. The molecule has 2 amide bonds. The molecule has 0 aliphatic carbocycles. The fourth-order valence-electron chi connectivity index (χ4n) is 5.99. The first kappa shape index (κ1) is 19.3. The second-order valence-corrected chi connectivity index (χ2v) is 9.02. The summed E-state index contributed by atoms with van der Waals surface area (Å²) in [4.78, 5) is 30.6. The van der Waals surface area contributed by atoms with Crippen LogP contribution in [0.2, 0.25) is 0 Å². The van der Waals surface area contributed by atoms with Gasteiger partial charge in [0, 0.05) is 44.3 Å². The molecule has 3 aliphatic rings. The molecule has 1 aromatic carbocycles. The summed E-state index contributed by atoms with van der Waals surface area (Å²) in [6, 6.07) is 12.7. The molecule has 3 saturated heterocycles. The van der Waals surface area contributed by atoms with Crippen molar-refractivity contribution < 1.29 is 9.59 Å². The molecule has 0 saturated carbocycles. The zero-order chi connectivity index (χ0) is 20.7. The lowest BCUT2D eigenvalue weighted by atomic mass is 9.70. The van der Waals surface area contributed by atoms with Crippen LogP contribution in [0, 0.1) is 11.8 Å². The van der Waals surface area contributed by atoms with Crippen LogP contribution in [0.5, 0.6) is 0 Å². The van der Waals surface area contributed by atoms with Crippen molar-refractivity contribution in [1.29, 1.82) is 0 Å². The van der Waals surface area contributed by atoms with E-state index in [4.69, 9.17) is 0 Å². The molecule has 3 fully saturated rings. The van der Waals surface area contributed by atoms with Crippen LogP contribution in [0.15, 0.2) is 42.6 Å². The molecule has 6 heteroatoms. The van der Waals surface area contributed by atoms with Gasteiger partial charge in [0.25, 0.3) is 5.91 Å². The molecule has 0 spiro atoms. The summed E-state index contributed by atoms with van der Waals surface area (Å²) in [6.07, 6.45) is 6.39. The number of rotatable bonds is 4. The maximum Gasteiger partial charge on any atom is 0.272 e. The summed E-state index contributed by atoms with van der Waals surface area (Å²) in [5.74, 6) is 1.09. The molecule has 0 radical (unpaired) electrons. The van der Waals surface area contributed by atoms with Crippen LogP contribution in [0.4, 0.5) is 0 Å². The molecule has 0 N–H and O–H groups in total. The molecule has 158 valence electrons. The third-order valence-corrected chi connectivity index (χ3v) is 7.31. The number of likely N-dealkylation sites (tertiary alicyclic amines) is 1. The summed E-state index contributed by atoms with van der Waals surface area (Å²) in [5, 5.41) is 4.29. The van der Waals surface area contributed by atoms with Crippen molar-refractivity contribution in [3.63, 3.8) is 0 Å². The molecule has 2 bridgehead atoms. The van der Waals surface area contributed by atoms with Gasteiger partial charge in [-0.3, -0.25) is 14.3 Å². The largest absolute Gasteiger partial charge is 0.337 e. The monoisotopic (exact) mass is 406 g/mol. The average molecular weight is 407 g/mol. The lowest BCUT2D eigenvalue weighted by Crippen LogP contribution is -2.66. The summed E-state index contributed by atoms with van der Waals surface area (Å²) in [7, 11) is 0. The van der Waals surface area contributed by atoms with Crippen LogP contribution < -0.4 is 0 Å². The van der Waals surface area contributed by atoms with Gasteiger partial charge in [0.15, 0.2) is 0 Å². The van der Waals surface area contributed by atoms with Crippen molar-refractivity contribution in [3.8, 4) is 0 Å². The van der Waals surface area contributed by atoms with E-state index in [1.165, 1.54) is 5.56 Å². The number of carbonyl (C=O) groups excluding carboxylic acids is 2. The van der Waals surface area contributed by atoms with Crippen molar-refractivity contribution in [3.05, 3.63) is 53.9 Å². The van der Waals surface area contributed by atoms with E-state index in [0.717, 1.165) is 38.8 Å². The zero-order valence-corrected chi connectivity index (χ0v) is 17.6. The molecule has 4 atom stereocenters. The SMILES string of the molecule is CCn1nccc1C(=O)N1C[C@H]2C[C@@H](C1)[C@H](Cc1ccccc1)N1C(=O)CCC[C@@H]21. The van der Waals surface area contributed by atoms with E-state index in [1.807, 2.05) is 24.0 Å². The van der Waals surface area contributed by atoms with Gasteiger partial charge >= 0.3 is 0 Å². The van der Waals surface area contributed by atoms with Gasteiger partial charge in [-0.25, -0.2) is 0 Å². The standard InChI is InChI=1S/C24H30N4O2/c1-2-27-21(11-12-25-27)24(30)26-15-18-14-19(16-26)22(13-17-7-4-3-5-8-17)28-20(18)9-6-10-23(28)29/h3-5,7-8,11-12,18-20,22H,2,6,9-10,13-16H2,1H3/t18-,19+,20+,22+/m1/s1. The first-order valence-corrected chi connectivity index (χ1v) is 11.3. The molecule has 1 aromatic heterocycles. The number of aromatic nitrogens is 2. The van der Waals surface area contributed by atoms with Gasteiger partial charge in [-0.05, 0) is 56.1 Å². The highest BCUT2D eigenvalue weighted by Crippen LogP contribution is 2.42. The van der Waals surface area contributed by atoms with E-state index in [2.05, 4.69) is 34.3 Å². The lowest BCUT2D eigenvalue weighted by molar-refractivity contribution is -0.151. The van der Waals surface area contributed by atoms with Crippen molar-refractivity contribution in [2.45, 2.75) is 57.7 Å². The fourth-order valence-corrected chi connectivity index (χ4v) is 5.99. The molecule has 5 rings (SSSR count). The Labute approximate surface area is 177 Å². The van der Waals surface area contributed by atoms with Crippen molar-refractivity contribution in [1.82, 2.24) is 19.6 Å². The van der Waals surface area contributed by atoms with E-state index >= 15 is 0 Å². The van der Waals surface area contributed by atoms with Crippen molar-refractivity contribution in [2.75, 3.05) is 13.1 Å². The van der Waals surface area contributed by atoms with E-state index < -0.39 is 0 Å². The Balaban J connectivity index is 1.44. The minimum Gasteiger partial charge on any atom is -0.337 e. The van der Waals surface area contributed by atoms with Crippen molar-refractivity contribution in [2.24, 2.45) is 11.8 Å². The van der Waals surface area contributed by atoms with E-state index in [9.17, 15) is 9.59 Å². The maximum atomic E-state index is 13.3. The van der Waals surface area contributed by atoms with Gasteiger partial charge in [0.2, 0.25) is 5.91 Å². The molecule has 4 heterocycles. The third kappa shape index (κ3) is 3.32. The summed E-state index contributed by atoms with van der Waals surface area (Å²) < 4.78 is 1.78. The normalized spacial score (nSPS) is 28.4. The second kappa shape index (κ2) is 7.89. The van der Waals surface area contributed by atoms with Gasteiger partial charge in [0.1, 0.15) is 5.69 Å². The lowest BCUT2D eigenvalue weighted by Gasteiger charge is -2.56. The highest BCUT2D eigenvalue weighted by molar-refractivity contribution is 5.92. The Bertz CT molecular complexity index is 924. The number of hydrogen-bond donors (Lipinski definition) is 0.